The molecule has 1 aromatic heterocycles. The van der Waals surface area contributed by atoms with Gasteiger partial charge < -0.3 is 15.0 Å². The Bertz CT molecular complexity index is 971. The first-order chi connectivity index (χ1) is 13.7. The van der Waals surface area contributed by atoms with E-state index in [4.69, 9.17) is 4.74 Å². The topological polar surface area (TPSA) is 58.6 Å². The first kappa shape index (κ1) is 18.3. The zero-order chi connectivity index (χ0) is 19.3. The Labute approximate surface area is 167 Å². The van der Waals surface area contributed by atoms with Crippen LogP contribution in [0.2, 0.25) is 0 Å². The molecule has 142 valence electrons. The summed E-state index contributed by atoms with van der Waals surface area (Å²) in [5.41, 5.74) is 2.65. The first-order valence-corrected chi connectivity index (χ1v) is 10.0. The zero-order valence-corrected chi connectivity index (χ0v) is 16.1. The van der Waals surface area contributed by atoms with Gasteiger partial charge in [-0.15, -0.1) is 11.3 Å². The second-order valence-corrected chi connectivity index (χ2v) is 7.48. The maximum Gasteiger partial charge on any atom is 0.268 e. The second kappa shape index (κ2) is 8.27. The molecule has 1 aliphatic heterocycles. The Kier molecular flexibility index (Phi) is 5.39. The third kappa shape index (κ3) is 4.07. The Balaban J connectivity index is 1.47. The largest absolute Gasteiger partial charge is 0.484 e. The molecule has 4 rings (SSSR count). The monoisotopic (exact) mass is 392 g/mol. The van der Waals surface area contributed by atoms with Gasteiger partial charge in [0.25, 0.3) is 11.8 Å². The van der Waals surface area contributed by atoms with Crippen molar-refractivity contribution in [1.29, 1.82) is 0 Å². The van der Waals surface area contributed by atoms with Crippen LogP contribution in [-0.4, -0.2) is 25.0 Å². The van der Waals surface area contributed by atoms with E-state index in [9.17, 15) is 9.59 Å². The number of para-hydroxylation sites is 1. The Morgan fingerprint density at radius 3 is 2.71 bits per heavy atom. The van der Waals surface area contributed by atoms with E-state index in [1.807, 2.05) is 53.9 Å². The fourth-order valence-corrected chi connectivity index (χ4v) is 3.93. The summed E-state index contributed by atoms with van der Waals surface area (Å²) in [4.78, 5) is 27.6. The minimum absolute atomic E-state index is 0.00633. The van der Waals surface area contributed by atoms with Gasteiger partial charge in [0.15, 0.2) is 6.61 Å². The van der Waals surface area contributed by atoms with Crippen LogP contribution in [-0.2, 0) is 11.2 Å². The number of nitrogens with zero attached hydrogens (tertiary/aromatic N) is 1. The molecule has 3 aromatic rings. The number of hydrogen-bond donors (Lipinski definition) is 1. The van der Waals surface area contributed by atoms with Crippen molar-refractivity contribution in [3.63, 3.8) is 0 Å². The summed E-state index contributed by atoms with van der Waals surface area (Å²) in [6.45, 7) is 0.608. The van der Waals surface area contributed by atoms with Crippen LogP contribution >= 0.6 is 11.3 Å². The van der Waals surface area contributed by atoms with Crippen molar-refractivity contribution in [2.24, 2.45) is 0 Å². The molecule has 0 bridgehead atoms. The highest BCUT2D eigenvalue weighted by molar-refractivity contribution is 7.12. The van der Waals surface area contributed by atoms with Crippen molar-refractivity contribution in [3.8, 4) is 5.75 Å². The van der Waals surface area contributed by atoms with Crippen molar-refractivity contribution < 1.29 is 14.3 Å². The lowest BCUT2D eigenvalue weighted by atomic mass is 10.0. The fraction of sp³-hybridized carbons (Fsp3) is 0.182. The number of aryl methyl sites for hydroxylation is 1. The highest BCUT2D eigenvalue weighted by atomic mass is 32.1. The molecule has 6 heteroatoms. The number of fused-ring (bicyclic) bond motifs is 1. The predicted octanol–water partition coefficient (Wildman–Crippen LogP) is 4.36. The van der Waals surface area contributed by atoms with Gasteiger partial charge in [-0.05, 0) is 54.1 Å². The van der Waals surface area contributed by atoms with Crippen molar-refractivity contribution in [2.45, 2.75) is 12.8 Å². The van der Waals surface area contributed by atoms with E-state index in [0.717, 1.165) is 29.0 Å². The summed E-state index contributed by atoms with van der Waals surface area (Å²) in [5, 5.41) is 4.76. The summed E-state index contributed by atoms with van der Waals surface area (Å²) in [6.07, 6.45) is 1.86. The molecule has 2 heterocycles. The summed E-state index contributed by atoms with van der Waals surface area (Å²) in [6, 6.07) is 18.7. The number of amides is 2. The fourth-order valence-electron chi connectivity index (χ4n) is 3.26. The third-order valence-electron chi connectivity index (χ3n) is 4.58. The quantitative estimate of drug-likeness (QED) is 0.702. The first-order valence-electron chi connectivity index (χ1n) is 9.17. The molecular weight excluding hydrogens is 372 g/mol. The SMILES string of the molecule is O=C(COc1ccccc1)Nc1ccc2c(c1)N(C(=O)c1cccs1)CCC2. The average molecular weight is 392 g/mol. The van der Waals surface area contributed by atoms with E-state index < -0.39 is 0 Å². The van der Waals surface area contributed by atoms with E-state index >= 15 is 0 Å². The standard InChI is InChI=1S/C22H20N2O3S/c25-21(15-27-18-7-2-1-3-8-18)23-17-11-10-16-6-4-12-24(19(16)14-17)22(26)20-9-5-13-28-20/h1-3,5,7-11,13-14H,4,6,12,15H2,(H,23,25). The number of nitrogens with one attached hydrogen (secondary N) is 1. The molecule has 0 saturated carbocycles. The average Bonchev–Trinajstić information content (AvgIpc) is 3.27. The molecule has 5 nitrogen and oxygen atoms in total. The van der Waals surface area contributed by atoms with Gasteiger partial charge in [-0.25, -0.2) is 0 Å². The molecule has 0 spiro atoms. The Morgan fingerprint density at radius 1 is 1.07 bits per heavy atom. The molecule has 0 radical (unpaired) electrons. The summed E-state index contributed by atoms with van der Waals surface area (Å²) in [7, 11) is 0. The normalized spacial score (nSPS) is 12.9. The van der Waals surface area contributed by atoms with Crippen LogP contribution in [0, 0.1) is 0 Å². The van der Waals surface area contributed by atoms with E-state index in [1.54, 1.807) is 17.0 Å². The summed E-state index contributed by atoms with van der Waals surface area (Å²) >= 11 is 1.44. The maximum atomic E-state index is 12.8. The van der Waals surface area contributed by atoms with Crippen LogP contribution in [0.1, 0.15) is 21.7 Å². The molecule has 0 unspecified atom stereocenters. The maximum absolute atomic E-state index is 12.8. The van der Waals surface area contributed by atoms with Gasteiger partial charge in [0, 0.05) is 17.9 Å². The number of carbonyl (C=O) groups excluding carboxylic acids is 2. The number of carbonyl (C=O) groups is 2. The minimum Gasteiger partial charge on any atom is -0.484 e. The van der Waals surface area contributed by atoms with E-state index in [1.165, 1.54) is 11.3 Å². The van der Waals surface area contributed by atoms with Gasteiger partial charge in [-0.1, -0.05) is 30.3 Å². The van der Waals surface area contributed by atoms with E-state index in [-0.39, 0.29) is 18.4 Å². The molecule has 0 fully saturated rings. The minimum atomic E-state index is -0.240. The number of thiophene rings is 1. The summed E-state index contributed by atoms with van der Waals surface area (Å²) < 4.78 is 5.49. The highest BCUT2D eigenvalue weighted by Gasteiger charge is 2.24. The lowest BCUT2D eigenvalue weighted by molar-refractivity contribution is -0.118. The molecule has 2 aromatic carbocycles. The molecular formula is C22H20N2O3S. The molecule has 0 saturated heterocycles. The molecule has 28 heavy (non-hydrogen) atoms. The molecule has 0 atom stereocenters. The number of anilines is 2. The van der Waals surface area contributed by atoms with Gasteiger partial charge in [0.05, 0.1) is 4.88 Å². The van der Waals surface area contributed by atoms with Crippen LogP contribution in [0.15, 0.2) is 66.0 Å². The molecule has 1 N–H and O–H groups in total. The van der Waals surface area contributed by atoms with Gasteiger partial charge in [-0.3, -0.25) is 9.59 Å². The number of ether oxygens (including phenoxy) is 1. The Morgan fingerprint density at radius 2 is 1.93 bits per heavy atom. The van der Waals surface area contributed by atoms with Gasteiger partial charge in [0.1, 0.15) is 5.75 Å². The van der Waals surface area contributed by atoms with Crippen LogP contribution < -0.4 is 15.0 Å². The second-order valence-electron chi connectivity index (χ2n) is 6.53. The molecule has 1 aliphatic rings. The van der Waals surface area contributed by atoms with Gasteiger partial charge >= 0.3 is 0 Å². The lowest BCUT2D eigenvalue weighted by Gasteiger charge is -2.29. The van der Waals surface area contributed by atoms with Crippen molar-refractivity contribution in [2.75, 3.05) is 23.4 Å². The summed E-state index contributed by atoms with van der Waals surface area (Å²) in [5.74, 6) is 0.415. The van der Waals surface area contributed by atoms with Crippen molar-refractivity contribution in [1.82, 2.24) is 0 Å². The third-order valence-corrected chi connectivity index (χ3v) is 5.44. The number of rotatable bonds is 5. The highest BCUT2D eigenvalue weighted by Crippen LogP contribution is 2.31. The van der Waals surface area contributed by atoms with E-state index in [2.05, 4.69) is 5.32 Å². The Hall–Kier alpha value is -3.12. The van der Waals surface area contributed by atoms with Crippen LogP contribution in [0.4, 0.5) is 11.4 Å². The number of benzene rings is 2. The van der Waals surface area contributed by atoms with Crippen molar-refractivity contribution in [3.05, 3.63) is 76.5 Å². The zero-order valence-electron chi connectivity index (χ0n) is 15.3. The van der Waals surface area contributed by atoms with Crippen molar-refractivity contribution >= 4 is 34.5 Å². The van der Waals surface area contributed by atoms with E-state index in [0.29, 0.717) is 18.0 Å². The van der Waals surface area contributed by atoms with Gasteiger partial charge in [-0.2, -0.15) is 0 Å². The predicted molar refractivity (Wildman–Crippen MR) is 111 cm³/mol. The van der Waals surface area contributed by atoms with Crippen LogP contribution in [0.3, 0.4) is 0 Å². The van der Waals surface area contributed by atoms with Crippen LogP contribution in [0.5, 0.6) is 5.75 Å². The van der Waals surface area contributed by atoms with Crippen LogP contribution in [0.25, 0.3) is 0 Å². The van der Waals surface area contributed by atoms with Gasteiger partial charge in [0.2, 0.25) is 0 Å². The molecule has 2 amide bonds. The number of hydrogen-bond acceptors (Lipinski definition) is 4. The lowest BCUT2D eigenvalue weighted by Crippen LogP contribution is -2.35. The molecule has 0 aliphatic carbocycles. The smallest absolute Gasteiger partial charge is 0.268 e.